The van der Waals surface area contributed by atoms with Gasteiger partial charge >= 0.3 is 0 Å². The van der Waals surface area contributed by atoms with Gasteiger partial charge in [-0.05, 0) is 67.8 Å². The molecule has 5 rings (SSSR count). The van der Waals surface area contributed by atoms with Crippen LogP contribution in [0.3, 0.4) is 0 Å². The van der Waals surface area contributed by atoms with Crippen LogP contribution in [0.5, 0.6) is 5.75 Å². The average molecular weight is 364 g/mol. The third kappa shape index (κ3) is 2.66. The molecule has 1 aromatic heterocycles. The van der Waals surface area contributed by atoms with Gasteiger partial charge in [0.05, 0.1) is 7.11 Å². The molecule has 2 bridgehead atoms. The summed E-state index contributed by atoms with van der Waals surface area (Å²) in [6, 6.07) is 14.5. The predicted octanol–water partition coefficient (Wildman–Crippen LogP) is 4.72. The Morgan fingerprint density at radius 1 is 1.11 bits per heavy atom. The predicted molar refractivity (Wildman–Crippen MR) is 106 cm³/mol. The summed E-state index contributed by atoms with van der Waals surface area (Å²) in [5, 5.41) is 1.33. The van der Waals surface area contributed by atoms with E-state index in [4.69, 9.17) is 4.74 Å². The molecule has 0 aliphatic carbocycles. The number of hydrogen-bond donors (Lipinski definition) is 0. The van der Waals surface area contributed by atoms with Crippen molar-refractivity contribution in [2.75, 3.05) is 14.2 Å². The van der Waals surface area contributed by atoms with Crippen molar-refractivity contribution in [3.05, 3.63) is 65.1 Å². The molecule has 3 nitrogen and oxygen atoms in total. The third-order valence-corrected chi connectivity index (χ3v) is 6.56. The van der Waals surface area contributed by atoms with Gasteiger partial charge in [-0.1, -0.05) is 12.1 Å². The lowest BCUT2D eigenvalue weighted by atomic mass is 9.97. The number of benzene rings is 2. The van der Waals surface area contributed by atoms with Crippen molar-refractivity contribution in [3.8, 4) is 5.75 Å². The number of methoxy groups -OCH3 is 1. The van der Waals surface area contributed by atoms with Gasteiger partial charge in [0.1, 0.15) is 11.6 Å². The topological polar surface area (TPSA) is 17.4 Å². The molecule has 0 spiro atoms. The van der Waals surface area contributed by atoms with Gasteiger partial charge in [-0.2, -0.15) is 0 Å². The van der Waals surface area contributed by atoms with Crippen LogP contribution in [0.15, 0.2) is 42.5 Å². The van der Waals surface area contributed by atoms with Gasteiger partial charge in [0.15, 0.2) is 0 Å². The fraction of sp³-hybridized carbons (Fsp3) is 0.391. The van der Waals surface area contributed by atoms with E-state index in [-0.39, 0.29) is 5.82 Å². The van der Waals surface area contributed by atoms with Gasteiger partial charge in [-0.3, -0.25) is 4.90 Å². The van der Waals surface area contributed by atoms with Crippen LogP contribution in [-0.2, 0) is 19.4 Å². The molecule has 140 valence electrons. The van der Waals surface area contributed by atoms with Crippen molar-refractivity contribution in [1.29, 1.82) is 0 Å². The molecular formula is C23H25FN2O. The summed E-state index contributed by atoms with van der Waals surface area (Å²) in [6.07, 6.45) is 4.54. The third-order valence-electron chi connectivity index (χ3n) is 6.56. The number of fused-ring (bicyclic) bond motifs is 6. The number of halogens is 1. The summed E-state index contributed by atoms with van der Waals surface area (Å²) in [6.45, 7) is 0.924. The Morgan fingerprint density at radius 3 is 2.70 bits per heavy atom. The van der Waals surface area contributed by atoms with Crippen molar-refractivity contribution < 1.29 is 9.13 Å². The maximum Gasteiger partial charge on any atom is 0.123 e. The number of likely N-dealkylation sites (N-methyl/N-ethyl adjacent to an activating group) is 1. The highest BCUT2D eigenvalue weighted by Crippen LogP contribution is 2.47. The number of hydrogen-bond acceptors (Lipinski definition) is 2. The second kappa shape index (κ2) is 6.38. The molecule has 1 saturated heterocycles. The minimum absolute atomic E-state index is 0.172. The van der Waals surface area contributed by atoms with Gasteiger partial charge in [0, 0.05) is 41.6 Å². The Kier molecular flexibility index (Phi) is 3.97. The minimum atomic E-state index is -0.172. The fourth-order valence-corrected chi connectivity index (χ4v) is 5.11. The molecule has 3 aromatic rings. The van der Waals surface area contributed by atoms with Crippen molar-refractivity contribution in [1.82, 2.24) is 9.47 Å². The zero-order valence-electron chi connectivity index (χ0n) is 15.9. The molecule has 2 aromatic carbocycles. The van der Waals surface area contributed by atoms with Crippen molar-refractivity contribution in [2.24, 2.45) is 0 Å². The molecule has 2 aliphatic rings. The van der Waals surface area contributed by atoms with Crippen LogP contribution < -0.4 is 4.74 Å². The largest absolute Gasteiger partial charge is 0.497 e. The maximum absolute atomic E-state index is 13.2. The van der Waals surface area contributed by atoms with Crippen molar-refractivity contribution in [3.63, 3.8) is 0 Å². The summed E-state index contributed by atoms with van der Waals surface area (Å²) in [4.78, 5) is 2.56. The van der Waals surface area contributed by atoms with Crippen molar-refractivity contribution >= 4 is 10.9 Å². The van der Waals surface area contributed by atoms with E-state index in [9.17, 15) is 4.39 Å². The fourth-order valence-electron chi connectivity index (χ4n) is 5.11. The van der Waals surface area contributed by atoms with Gasteiger partial charge in [0.25, 0.3) is 0 Å². The maximum atomic E-state index is 13.2. The second-order valence-electron chi connectivity index (χ2n) is 7.89. The summed E-state index contributed by atoms with van der Waals surface area (Å²) in [7, 11) is 4.00. The first kappa shape index (κ1) is 16.8. The van der Waals surface area contributed by atoms with E-state index in [1.165, 1.54) is 40.6 Å². The van der Waals surface area contributed by atoms with Crippen LogP contribution in [-0.4, -0.2) is 29.7 Å². The number of ether oxygens (including phenoxy) is 1. The highest BCUT2D eigenvalue weighted by Gasteiger charge is 2.40. The summed E-state index contributed by atoms with van der Waals surface area (Å²) in [5.41, 5.74) is 5.46. The number of aryl methyl sites for hydroxylation is 2. The lowest BCUT2D eigenvalue weighted by molar-refractivity contribution is 0.222. The summed E-state index contributed by atoms with van der Waals surface area (Å²) in [5.74, 6) is 0.748. The number of rotatable bonds is 4. The van der Waals surface area contributed by atoms with Crippen molar-refractivity contribution in [2.45, 2.75) is 44.3 Å². The normalized spacial score (nSPS) is 21.6. The first-order valence-corrected chi connectivity index (χ1v) is 9.81. The molecule has 2 aliphatic heterocycles. The molecule has 27 heavy (non-hydrogen) atoms. The van der Waals surface area contributed by atoms with E-state index in [0.29, 0.717) is 12.1 Å². The lowest BCUT2D eigenvalue weighted by Crippen LogP contribution is -2.34. The first-order chi connectivity index (χ1) is 13.2. The van der Waals surface area contributed by atoms with E-state index < -0.39 is 0 Å². The molecular weight excluding hydrogens is 339 g/mol. The minimum Gasteiger partial charge on any atom is -0.497 e. The average Bonchev–Trinajstić information content (AvgIpc) is 3.10. The Labute approximate surface area is 159 Å². The Hall–Kier alpha value is -2.33. The Morgan fingerprint density at radius 2 is 1.93 bits per heavy atom. The van der Waals surface area contributed by atoms with E-state index in [2.05, 4.69) is 34.7 Å². The zero-order valence-corrected chi connectivity index (χ0v) is 15.9. The van der Waals surface area contributed by atoms with Gasteiger partial charge in [-0.25, -0.2) is 4.39 Å². The van der Waals surface area contributed by atoms with Crippen LogP contribution in [0.25, 0.3) is 10.9 Å². The molecule has 0 N–H and O–H groups in total. The monoisotopic (exact) mass is 364 g/mol. The molecule has 0 saturated carbocycles. The molecule has 3 heterocycles. The van der Waals surface area contributed by atoms with E-state index in [0.717, 1.165) is 25.1 Å². The SMILES string of the molecule is COc1ccc2c(c1)c1c(n2CCc2ccc(F)cc2)CC2CCC1N2C. The van der Waals surface area contributed by atoms with Crippen LogP contribution in [0, 0.1) is 5.82 Å². The Bertz CT molecular complexity index is 992. The molecule has 0 amide bonds. The van der Waals surface area contributed by atoms with Crippen LogP contribution in [0.1, 0.15) is 35.7 Å². The molecule has 4 heteroatoms. The highest BCUT2D eigenvalue weighted by molar-refractivity contribution is 5.88. The first-order valence-electron chi connectivity index (χ1n) is 9.81. The molecule has 2 atom stereocenters. The zero-order chi connectivity index (χ0) is 18.5. The Balaban J connectivity index is 1.59. The number of aromatic nitrogens is 1. The lowest BCUT2D eigenvalue weighted by Gasteiger charge is -2.32. The van der Waals surface area contributed by atoms with Crippen LogP contribution in [0.4, 0.5) is 4.39 Å². The van der Waals surface area contributed by atoms with Crippen LogP contribution >= 0.6 is 0 Å². The van der Waals surface area contributed by atoms with E-state index in [1.54, 1.807) is 19.2 Å². The van der Waals surface area contributed by atoms with Crippen LogP contribution in [0.2, 0.25) is 0 Å². The van der Waals surface area contributed by atoms with E-state index >= 15 is 0 Å². The molecule has 0 radical (unpaired) electrons. The van der Waals surface area contributed by atoms with E-state index in [1.807, 2.05) is 12.1 Å². The summed E-state index contributed by atoms with van der Waals surface area (Å²) >= 11 is 0. The summed E-state index contributed by atoms with van der Waals surface area (Å²) < 4.78 is 21.2. The smallest absolute Gasteiger partial charge is 0.123 e. The van der Waals surface area contributed by atoms with Gasteiger partial charge < -0.3 is 9.30 Å². The second-order valence-corrected chi connectivity index (χ2v) is 7.89. The van der Waals surface area contributed by atoms with Gasteiger partial charge in [-0.15, -0.1) is 0 Å². The highest BCUT2D eigenvalue weighted by atomic mass is 19.1. The molecule has 2 unspecified atom stereocenters. The standard InChI is InChI=1S/C23H25FN2O/c1-25-17-7-9-21(25)23-19-14-18(27-2)8-10-20(19)26(22(23)13-17)12-11-15-3-5-16(24)6-4-15/h3-6,8,10,14,17,21H,7,9,11-13H2,1-2H3. The van der Waals surface area contributed by atoms with Gasteiger partial charge in [0.2, 0.25) is 0 Å². The quantitative estimate of drug-likeness (QED) is 0.666. The molecule has 1 fully saturated rings. The number of nitrogens with zero attached hydrogens (tertiary/aromatic N) is 2.